The van der Waals surface area contributed by atoms with Crippen LogP contribution in [0.2, 0.25) is 0 Å². The number of carbonyl (C=O) groups is 1. The van der Waals surface area contributed by atoms with Crippen molar-refractivity contribution in [3.63, 3.8) is 0 Å². The van der Waals surface area contributed by atoms with Gasteiger partial charge >= 0.3 is 0 Å². The van der Waals surface area contributed by atoms with E-state index in [4.69, 9.17) is 0 Å². The fourth-order valence-corrected chi connectivity index (χ4v) is 6.79. The third-order valence-electron chi connectivity index (χ3n) is 5.24. The molecule has 0 saturated heterocycles. The van der Waals surface area contributed by atoms with Gasteiger partial charge in [-0.05, 0) is 29.8 Å². The molecule has 34 heavy (non-hydrogen) atoms. The highest BCUT2D eigenvalue weighted by molar-refractivity contribution is 8.00. The van der Waals surface area contributed by atoms with Gasteiger partial charge < -0.3 is 5.32 Å². The molecule has 0 bridgehead atoms. The lowest BCUT2D eigenvalue weighted by atomic mass is 10.1. The molecular weight excluding hydrogens is 488 g/mol. The third kappa shape index (κ3) is 5.15. The summed E-state index contributed by atoms with van der Waals surface area (Å²) in [5, 5.41) is 6.59. The predicted molar refractivity (Wildman–Crippen MR) is 139 cm³/mol. The Balaban J connectivity index is 1.45. The second-order valence-corrected chi connectivity index (χ2v) is 11.1. The average molecular weight is 513 g/mol. The standard InChI is InChI=1S/C24H24N4O3S3/c1-3-28(4-2)34(30,31)19-12-10-18(11-13-19)27-21(29)15-33-24-22-20(17-8-6-5-7-9-17)14-32-23(22)25-16-26-24/h5-14,16H,3-4,15H2,1-2H3,(H,27,29). The largest absolute Gasteiger partial charge is 0.325 e. The number of hydrogen-bond acceptors (Lipinski definition) is 7. The van der Waals surface area contributed by atoms with Gasteiger partial charge in [-0.1, -0.05) is 55.9 Å². The molecular formula is C24H24N4O3S3. The molecule has 4 aromatic rings. The van der Waals surface area contributed by atoms with Crippen LogP contribution in [0, 0.1) is 0 Å². The number of benzene rings is 2. The number of aromatic nitrogens is 2. The second-order valence-electron chi connectivity index (χ2n) is 7.32. The van der Waals surface area contributed by atoms with Gasteiger partial charge in [0.2, 0.25) is 15.9 Å². The summed E-state index contributed by atoms with van der Waals surface area (Å²) in [6, 6.07) is 16.3. The van der Waals surface area contributed by atoms with Crippen molar-refractivity contribution >= 4 is 54.9 Å². The minimum absolute atomic E-state index is 0.162. The number of thioether (sulfide) groups is 1. The molecule has 0 spiro atoms. The van der Waals surface area contributed by atoms with Crippen molar-refractivity contribution in [2.75, 3.05) is 24.2 Å². The number of hydrogen-bond donors (Lipinski definition) is 1. The topological polar surface area (TPSA) is 92.3 Å². The van der Waals surface area contributed by atoms with Gasteiger partial charge in [-0.25, -0.2) is 18.4 Å². The molecule has 0 unspecified atom stereocenters. The summed E-state index contributed by atoms with van der Waals surface area (Å²) in [5.74, 6) is -0.0389. The molecule has 0 fully saturated rings. The van der Waals surface area contributed by atoms with Crippen LogP contribution in [0.5, 0.6) is 0 Å². The lowest BCUT2D eigenvalue weighted by Gasteiger charge is -2.18. The molecule has 0 aliphatic rings. The summed E-state index contributed by atoms with van der Waals surface area (Å²) in [6.07, 6.45) is 1.52. The molecule has 0 aliphatic carbocycles. The summed E-state index contributed by atoms with van der Waals surface area (Å²) >= 11 is 2.90. The molecule has 0 atom stereocenters. The Morgan fingerprint density at radius 1 is 1.03 bits per heavy atom. The number of carbonyl (C=O) groups excluding carboxylic acids is 1. The summed E-state index contributed by atoms with van der Waals surface area (Å²) in [5.41, 5.74) is 2.67. The maximum Gasteiger partial charge on any atom is 0.243 e. The van der Waals surface area contributed by atoms with E-state index in [-0.39, 0.29) is 16.6 Å². The number of anilines is 1. The highest BCUT2D eigenvalue weighted by Crippen LogP contribution is 2.37. The van der Waals surface area contributed by atoms with Gasteiger partial charge in [-0.3, -0.25) is 4.79 Å². The minimum atomic E-state index is -3.53. The van der Waals surface area contributed by atoms with E-state index in [0.29, 0.717) is 18.8 Å². The molecule has 2 aromatic heterocycles. The van der Waals surface area contributed by atoms with Crippen molar-refractivity contribution in [2.45, 2.75) is 23.8 Å². The van der Waals surface area contributed by atoms with Crippen molar-refractivity contribution in [1.82, 2.24) is 14.3 Å². The molecule has 0 aliphatic heterocycles. The van der Waals surface area contributed by atoms with Gasteiger partial charge in [0.1, 0.15) is 16.2 Å². The van der Waals surface area contributed by atoms with E-state index in [1.54, 1.807) is 37.3 Å². The van der Waals surface area contributed by atoms with Crippen molar-refractivity contribution in [3.8, 4) is 11.1 Å². The Morgan fingerprint density at radius 2 is 1.74 bits per heavy atom. The first kappa shape index (κ1) is 24.3. The van der Waals surface area contributed by atoms with Gasteiger partial charge in [-0.2, -0.15) is 4.31 Å². The van der Waals surface area contributed by atoms with Crippen molar-refractivity contribution in [2.24, 2.45) is 0 Å². The van der Waals surface area contributed by atoms with Crippen LogP contribution in [0.15, 0.2) is 76.2 Å². The number of rotatable bonds is 9. The van der Waals surface area contributed by atoms with E-state index in [2.05, 4.69) is 20.7 Å². The minimum Gasteiger partial charge on any atom is -0.325 e. The van der Waals surface area contributed by atoms with Gasteiger partial charge in [0.25, 0.3) is 0 Å². The smallest absolute Gasteiger partial charge is 0.243 e. The van der Waals surface area contributed by atoms with Crippen LogP contribution < -0.4 is 5.32 Å². The lowest BCUT2D eigenvalue weighted by molar-refractivity contribution is -0.113. The molecule has 10 heteroatoms. The third-order valence-corrected chi connectivity index (χ3v) is 9.18. The monoisotopic (exact) mass is 512 g/mol. The first-order valence-corrected chi connectivity index (χ1v) is 14.0. The number of thiophene rings is 1. The zero-order valence-electron chi connectivity index (χ0n) is 18.8. The van der Waals surface area contributed by atoms with Crippen LogP contribution in [0.4, 0.5) is 5.69 Å². The zero-order chi connectivity index (χ0) is 24.1. The molecule has 2 aromatic carbocycles. The van der Waals surface area contributed by atoms with Crippen LogP contribution >= 0.6 is 23.1 Å². The highest BCUT2D eigenvalue weighted by atomic mass is 32.2. The normalized spacial score (nSPS) is 11.7. The van der Waals surface area contributed by atoms with Crippen molar-refractivity contribution in [1.29, 1.82) is 0 Å². The van der Waals surface area contributed by atoms with Crippen LogP contribution in [0.3, 0.4) is 0 Å². The SMILES string of the molecule is CCN(CC)S(=O)(=O)c1ccc(NC(=O)CSc2ncnc3scc(-c4ccccc4)c23)cc1. The van der Waals surface area contributed by atoms with Gasteiger partial charge in [0, 0.05) is 29.7 Å². The Bertz CT molecular complexity index is 1380. The van der Waals surface area contributed by atoms with E-state index in [9.17, 15) is 13.2 Å². The maximum absolute atomic E-state index is 12.6. The van der Waals surface area contributed by atoms with Crippen molar-refractivity contribution in [3.05, 3.63) is 66.3 Å². The number of sulfonamides is 1. The van der Waals surface area contributed by atoms with Crippen LogP contribution in [-0.2, 0) is 14.8 Å². The molecule has 1 amide bonds. The summed E-state index contributed by atoms with van der Waals surface area (Å²) in [7, 11) is -3.53. The highest BCUT2D eigenvalue weighted by Gasteiger charge is 2.21. The van der Waals surface area contributed by atoms with Crippen LogP contribution in [0.25, 0.3) is 21.3 Å². The number of fused-ring (bicyclic) bond motifs is 1. The summed E-state index contributed by atoms with van der Waals surface area (Å²) < 4.78 is 26.6. The van der Waals surface area contributed by atoms with E-state index >= 15 is 0 Å². The van der Waals surface area contributed by atoms with Crippen LogP contribution in [-0.4, -0.2) is 47.4 Å². The van der Waals surface area contributed by atoms with Crippen molar-refractivity contribution < 1.29 is 13.2 Å². The maximum atomic E-state index is 12.6. The van der Waals surface area contributed by atoms with E-state index in [1.165, 1.54) is 34.5 Å². The molecule has 2 heterocycles. The molecule has 1 N–H and O–H groups in total. The van der Waals surface area contributed by atoms with E-state index in [1.807, 2.05) is 30.3 Å². The molecule has 0 radical (unpaired) electrons. The second kappa shape index (κ2) is 10.6. The number of amides is 1. The number of nitrogens with one attached hydrogen (secondary N) is 1. The number of nitrogens with zero attached hydrogens (tertiary/aromatic N) is 3. The average Bonchev–Trinajstić information content (AvgIpc) is 3.29. The lowest BCUT2D eigenvalue weighted by Crippen LogP contribution is -2.30. The molecule has 0 saturated carbocycles. The van der Waals surface area contributed by atoms with E-state index in [0.717, 1.165) is 26.4 Å². The zero-order valence-corrected chi connectivity index (χ0v) is 21.2. The molecule has 7 nitrogen and oxygen atoms in total. The van der Waals surface area contributed by atoms with Gasteiger partial charge in [0.05, 0.1) is 16.0 Å². The fourth-order valence-electron chi connectivity index (χ4n) is 3.54. The predicted octanol–water partition coefficient (Wildman–Crippen LogP) is 5.12. The Labute approximate surface area is 207 Å². The quantitative estimate of drug-likeness (QED) is 0.247. The summed E-state index contributed by atoms with van der Waals surface area (Å²) in [6.45, 7) is 4.41. The van der Waals surface area contributed by atoms with Gasteiger partial charge in [-0.15, -0.1) is 11.3 Å². The summed E-state index contributed by atoms with van der Waals surface area (Å²) in [4.78, 5) is 22.5. The fraction of sp³-hybridized carbons (Fsp3) is 0.208. The first-order chi connectivity index (χ1) is 16.4. The van der Waals surface area contributed by atoms with Gasteiger partial charge in [0.15, 0.2) is 0 Å². The molecule has 176 valence electrons. The Morgan fingerprint density at radius 3 is 2.41 bits per heavy atom. The Kier molecular flexibility index (Phi) is 7.62. The van der Waals surface area contributed by atoms with Crippen LogP contribution in [0.1, 0.15) is 13.8 Å². The van der Waals surface area contributed by atoms with E-state index < -0.39 is 10.0 Å². The molecule has 4 rings (SSSR count). The first-order valence-electron chi connectivity index (χ1n) is 10.7. The Hall–Kier alpha value is -2.79.